The standard InChI is InChI=1S/C8H13B2IO2/c1-12-10(13-2)8(11)5-3-7(9)4-6-8/h3-5H,6,9H2,1-2H3/t8-/m1/s1. The Hall–Kier alpha value is 0.260. The Balaban J connectivity index is 2.73. The van der Waals surface area contributed by atoms with E-state index in [0.717, 1.165) is 6.42 Å². The van der Waals surface area contributed by atoms with Gasteiger partial charge in [0.1, 0.15) is 7.85 Å². The summed E-state index contributed by atoms with van der Waals surface area (Å²) in [5.74, 6) is 0. The highest BCUT2D eigenvalue weighted by Gasteiger charge is 2.40. The SMILES string of the molecule is BC1=CC[C@@](I)(B(OC)OC)C=C1. The Labute approximate surface area is 94.4 Å². The van der Waals surface area contributed by atoms with Gasteiger partial charge >= 0.3 is 7.12 Å². The third-order valence-corrected chi connectivity index (χ3v) is 3.49. The molecule has 0 aromatic heterocycles. The first kappa shape index (κ1) is 11.3. The molecule has 0 amide bonds. The molecule has 1 aliphatic rings. The van der Waals surface area contributed by atoms with Crippen LogP contribution in [0, 0.1) is 0 Å². The van der Waals surface area contributed by atoms with E-state index in [2.05, 4.69) is 48.7 Å². The van der Waals surface area contributed by atoms with E-state index < -0.39 is 0 Å². The Morgan fingerprint density at radius 3 is 2.54 bits per heavy atom. The molecule has 70 valence electrons. The molecule has 5 heteroatoms. The number of halogens is 1. The molecule has 13 heavy (non-hydrogen) atoms. The van der Waals surface area contributed by atoms with Gasteiger partial charge in [0.2, 0.25) is 0 Å². The number of alkyl halides is 1. The van der Waals surface area contributed by atoms with Gasteiger partial charge in [0.15, 0.2) is 0 Å². The lowest BCUT2D eigenvalue weighted by Gasteiger charge is -2.28. The van der Waals surface area contributed by atoms with Crippen LogP contribution in [0.1, 0.15) is 6.42 Å². The minimum Gasteiger partial charge on any atom is -0.413 e. The van der Waals surface area contributed by atoms with Crippen molar-refractivity contribution >= 4 is 37.6 Å². The van der Waals surface area contributed by atoms with Crippen molar-refractivity contribution in [2.45, 2.75) is 9.74 Å². The maximum Gasteiger partial charge on any atom is 0.478 e. The molecule has 1 aliphatic carbocycles. The van der Waals surface area contributed by atoms with Crippen molar-refractivity contribution in [1.82, 2.24) is 0 Å². The van der Waals surface area contributed by atoms with Crippen LogP contribution in [-0.2, 0) is 9.31 Å². The lowest BCUT2D eigenvalue weighted by Crippen LogP contribution is -2.43. The van der Waals surface area contributed by atoms with Crippen LogP contribution >= 0.6 is 22.6 Å². The minimum absolute atomic E-state index is 0.0548. The van der Waals surface area contributed by atoms with Crippen LogP contribution in [0.25, 0.3) is 0 Å². The zero-order valence-electron chi connectivity index (χ0n) is 8.21. The molecule has 0 heterocycles. The van der Waals surface area contributed by atoms with Gasteiger partial charge in [-0.15, -0.1) is 0 Å². The first-order chi connectivity index (χ1) is 6.12. The molecule has 0 aromatic carbocycles. The smallest absolute Gasteiger partial charge is 0.413 e. The number of hydrogen-bond acceptors (Lipinski definition) is 2. The molecule has 0 bridgehead atoms. The van der Waals surface area contributed by atoms with Gasteiger partial charge < -0.3 is 9.31 Å². The molecule has 0 unspecified atom stereocenters. The van der Waals surface area contributed by atoms with Crippen LogP contribution in [0.2, 0.25) is 0 Å². The second-order valence-corrected chi connectivity index (χ2v) is 5.22. The van der Waals surface area contributed by atoms with E-state index in [0.29, 0.717) is 0 Å². The first-order valence-electron chi connectivity index (χ1n) is 4.23. The molecule has 0 saturated carbocycles. The Morgan fingerprint density at radius 1 is 1.54 bits per heavy atom. The summed E-state index contributed by atoms with van der Waals surface area (Å²) >= 11 is 2.38. The van der Waals surface area contributed by atoms with Crippen molar-refractivity contribution in [2.24, 2.45) is 0 Å². The molecular weight excluding hydrogens is 277 g/mol. The summed E-state index contributed by atoms with van der Waals surface area (Å²) < 4.78 is 10.5. The summed E-state index contributed by atoms with van der Waals surface area (Å²) in [6.07, 6.45) is 7.43. The van der Waals surface area contributed by atoms with Crippen LogP contribution in [0.4, 0.5) is 0 Å². The van der Waals surface area contributed by atoms with Crippen LogP contribution in [0.5, 0.6) is 0 Å². The van der Waals surface area contributed by atoms with Crippen molar-refractivity contribution < 1.29 is 9.31 Å². The van der Waals surface area contributed by atoms with Crippen molar-refractivity contribution in [3.05, 3.63) is 23.7 Å². The Morgan fingerprint density at radius 2 is 2.15 bits per heavy atom. The molecule has 1 atom stereocenters. The second kappa shape index (κ2) is 4.66. The Kier molecular flexibility index (Phi) is 4.06. The maximum atomic E-state index is 5.27. The average Bonchev–Trinajstić information content (AvgIpc) is 2.13. The van der Waals surface area contributed by atoms with E-state index in [1.54, 1.807) is 14.2 Å². The van der Waals surface area contributed by atoms with Crippen LogP contribution in [0.15, 0.2) is 23.7 Å². The number of rotatable bonds is 3. The zero-order valence-corrected chi connectivity index (χ0v) is 10.4. The highest BCUT2D eigenvalue weighted by Crippen LogP contribution is 2.32. The molecule has 0 aliphatic heterocycles. The third-order valence-electron chi connectivity index (χ3n) is 2.18. The summed E-state index contributed by atoms with van der Waals surface area (Å²) in [7, 11) is 5.27. The van der Waals surface area contributed by atoms with Gasteiger partial charge in [-0.2, -0.15) is 0 Å². The van der Waals surface area contributed by atoms with E-state index in [1.807, 2.05) is 0 Å². The predicted octanol–water partition coefficient (Wildman–Crippen LogP) is 0.957. The summed E-state index contributed by atoms with van der Waals surface area (Å²) in [5.41, 5.74) is 1.30. The van der Waals surface area contributed by atoms with Crippen LogP contribution in [0.3, 0.4) is 0 Å². The lowest BCUT2D eigenvalue weighted by atomic mass is 9.66. The first-order valence-corrected chi connectivity index (χ1v) is 5.31. The molecule has 0 N–H and O–H groups in total. The van der Waals surface area contributed by atoms with Gasteiger partial charge in [0.05, 0.1) is 3.32 Å². The topological polar surface area (TPSA) is 18.5 Å². The number of hydrogen-bond donors (Lipinski definition) is 0. The van der Waals surface area contributed by atoms with Crippen LogP contribution in [-0.4, -0.2) is 32.5 Å². The summed E-state index contributed by atoms with van der Waals surface area (Å²) in [6.45, 7) is 0. The second-order valence-electron chi connectivity index (χ2n) is 3.22. The molecule has 2 nitrogen and oxygen atoms in total. The van der Waals surface area contributed by atoms with Crippen molar-refractivity contribution in [3.63, 3.8) is 0 Å². The van der Waals surface area contributed by atoms with E-state index >= 15 is 0 Å². The fourth-order valence-corrected chi connectivity index (χ4v) is 2.29. The zero-order chi connectivity index (χ0) is 9.90. The molecule has 0 fully saturated rings. The highest BCUT2D eigenvalue weighted by atomic mass is 127. The van der Waals surface area contributed by atoms with E-state index in [1.165, 1.54) is 5.47 Å². The van der Waals surface area contributed by atoms with E-state index in [4.69, 9.17) is 9.31 Å². The average molecular weight is 290 g/mol. The number of allylic oxidation sites excluding steroid dienone is 4. The molecule has 0 spiro atoms. The highest BCUT2D eigenvalue weighted by molar-refractivity contribution is 14.1. The quantitative estimate of drug-likeness (QED) is 0.438. The normalized spacial score (nSPS) is 27.2. The Bertz CT molecular complexity index is 238. The maximum absolute atomic E-state index is 5.27. The predicted molar refractivity (Wildman–Crippen MR) is 66.9 cm³/mol. The van der Waals surface area contributed by atoms with Gasteiger partial charge in [-0.1, -0.05) is 46.3 Å². The fourth-order valence-electron chi connectivity index (χ4n) is 1.39. The van der Waals surface area contributed by atoms with Gasteiger partial charge in [-0.05, 0) is 6.42 Å². The molecular formula is C8H13B2IO2. The van der Waals surface area contributed by atoms with Crippen molar-refractivity contribution in [2.75, 3.05) is 14.2 Å². The van der Waals surface area contributed by atoms with Gasteiger partial charge in [0, 0.05) is 14.2 Å². The molecule has 0 radical (unpaired) electrons. The van der Waals surface area contributed by atoms with Crippen LogP contribution < -0.4 is 0 Å². The fraction of sp³-hybridized carbons (Fsp3) is 0.500. The third kappa shape index (κ3) is 2.60. The largest absolute Gasteiger partial charge is 0.478 e. The summed E-state index contributed by atoms with van der Waals surface area (Å²) in [6, 6.07) is 0. The lowest BCUT2D eigenvalue weighted by molar-refractivity contribution is 0.269. The van der Waals surface area contributed by atoms with E-state index in [9.17, 15) is 0 Å². The van der Waals surface area contributed by atoms with Crippen molar-refractivity contribution in [1.29, 1.82) is 0 Å². The van der Waals surface area contributed by atoms with Crippen molar-refractivity contribution in [3.8, 4) is 0 Å². The van der Waals surface area contributed by atoms with Gasteiger partial charge in [-0.25, -0.2) is 0 Å². The van der Waals surface area contributed by atoms with E-state index in [-0.39, 0.29) is 10.4 Å². The molecule has 1 rings (SSSR count). The van der Waals surface area contributed by atoms with Gasteiger partial charge in [0.25, 0.3) is 0 Å². The molecule has 0 aromatic rings. The van der Waals surface area contributed by atoms with Gasteiger partial charge in [-0.3, -0.25) is 0 Å². The molecule has 0 saturated heterocycles. The monoisotopic (exact) mass is 290 g/mol. The summed E-state index contributed by atoms with van der Waals surface area (Å²) in [4.78, 5) is 0. The summed E-state index contributed by atoms with van der Waals surface area (Å²) in [5, 5.41) is 0. The minimum atomic E-state index is -0.173.